The van der Waals surface area contributed by atoms with E-state index in [1.54, 1.807) is 6.07 Å². The van der Waals surface area contributed by atoms with Crippen LogP contribution in [0.15, 0.2) is 24.3 Å². The quantitative estimate of drug-likeness (QED) is 0.567. The van der Waals surface area contributed by atoms with Gasteiger partial charge in [-0.2, -0.15) is 0 Å². The van der Waals surface area contributed by atoms with Gasteiger partial charge in [0.2, 0.25) is 0 Å². The number of nitrogens with two attached hydrogens (primary N) is 1. The topological polar surface area (TPSA) is 127 Å². The molecule has 0 fully saturated rings. The molecular weight excluding hydrogens is 257 g/mol. The van der Waals surface area contributed by atoms with Crippen LogP contribution in [-0.2, 0) is 21.9 Å². The van der Waals surface area contributed by atoms with Gasteiger partial charge in [0.15, 0.2) is 0 Å². The number of phenols is 1. The maximum absolute atomic E-state index is 10.2. The van der Waals surface area contributed by atoms with Crippen LogP contribution in [0.2, 0.25) is 0 Å². The minimum Gasteiger partial charge on any atom is -0.549 e. The summed E-state index contributed by atoms with van der Waals surface area (Å²) in [4.78, 5) is 19.3. The van der Waals surface area contributed by atoms with E-state index in [9.17, 15) is 9.90 Å². The van der Waals surface area contributed by atoms with E-state index in [4.69, 9.17) is 15.0 Å². The molecule has 87 valence electrons. The number of carboxylic acids is 2. The Balaban J connectivity index is 0. The molecule has 1 aromatic carbocycles. The molecule has 1 radical (unpaired) electrons. The molecule has 0 aliphatic carbocycles. The van der Waals surface area contributed by atoms with Gasteiger partial charge in [0.1, 0.15) is 5.75 Å². The van der Waals surface area contributed by atoms with Crippen molar-refractivity contribution in [2.24, 2.45) is 5.73 Å². The third-order valence-electron chi connectivity index (χ3n) is 1.29. The predicted octanol–water partition coefficient (Wildman–Crippen LogP) is -2.55. The number of para-hydroxylation sites is 1. The zero-order valence-electron chi connectivity index (χ0n) is 8.05. The van der Waals surface area contributed by atoms with E-state index in [1.807, 2.05) is 0 Å². The second kappa shape index (κ2) is 8.72. The Kier molecular flexibility index (Phi) is 9.19. The predicted molar refractivity (Wildman–Crippen MR) is 46.5 cm³/mol. The Hall–Kier alpha value is -1.56. The van der Waals surface area contributed by atoms with Gasteiger partial charge in [-0.25, -0.2) is 0 Å². The molecule has 0 unspecified atom stereocenters. The number of rotatable bonds is 2. The molecule has 0 amide bonds. The van der Waals surface area contributed by atoms with Crippen LogP contribution in [0.25, 0.3) is 0 Å². The minimum absolute atomic E-state index is 0. The first-order valence-electron chi connectivity index (χ1n) is 3.88. The average Bonchev–Trinajstić information content (AvgIpc) is 2.19. The normalized spacial score (nSPS) is 8.06. The number of aromatic carboxylic acids is 1. The number of carbonyl (C=O) groups excluding carboxylic acids is 2. The van der Waals surface area contributed by atoms with E-state index in [0.29, 0.717) is 0 Å². The van der Waals surface area contributed by atoms with Crippen LogP contribution in [0.4, 0.5) is 0 Å². The average molecular weight is 266 g/mol. The summed E-state index contributed by atoms with van der Waals surface area (Å²) in [5, 5.41) is 28.1. The number of hydrogen-bond acceptors (Lipinski definition) is 6. The number of carbonyl (C=O) groups is 2. The Morgan fingerprint density at radius 3 is 1.94 bits per heavy atom. The van der Waals surface area contributed by atoms with Crippen molar-refractivity contribution in [3.63, 3.8) is 0 Å². The number of aromatic hydroxyl groups is 1. The van der Waals surface area contributed by atoms with Crippen molar-refractivity contribution in [3.8, 4) is 5.75 Å². The third-order valence-corrected chi connectivity index (χ3v) is 1.29. The van der Waals surface area contributed by atoms with Crippen LogP contribution >= 0.6 is 0 Å². The molecule has 0 aromatic heterocycles. The monoisotopic (exact) mass is 266 g/mol. The van der Waals surface area contributed by atoms with Gasteiger partial charge in [0, 0.05) is 12.1 Å². The Bertz CT molecular complexity index is 356. The molecule has 0 saturated heterocycles. The smallest absolute Gasteiger partial charge is 0.549 e. The van der Waals surface area contributed by atoms with E-state index >= 15 is 0 Å². The van der Waals surface area contributed by atoms with Crippen LogP contribution in [0.5, 0.6) is 5.75 Å². The summed E-state index contributed by atoms with van der Waals surface area (Å²) in [7, 11) is 0. The van der Waals surface area contributed by atoms with E-state index in [-0.39, 0.29) is 34.9 Å². The fourth-order valence-electron chi connectivity index (χ4n) is 0.646. The second-order valence-electron chi connectivity index (χ2n) is 2.38. The summed E-state index contributed by atoms with van der Waals surface area (Å²) in [6.07, 6.45) is 0. The fraction of sp³-hybridized carbons (Fsp3) is 0.111. The Labute approximate surface area is 102 Å². The van der Waals surface area contributed by atoms with Gasteiger partial charge in [-0.15, -0.1) is 0 Å². The summed E-state index contributed by atoms with van der Waals surface area (Å²) in [5.74, 6) is -2.84. The van der Waals surface area contributed by atoms with E-state index in [0.717, 1.165) is 0 Å². The molecule has 0 aliphatic heterocycles. The van der Waals surface area contributed by atoms with Gasteiger partial charge < -0.3 is 30.6 Å². The van der Waals surface area contributed by atoms with Gasteiger partial charge >= 0.3 is 17.1 Å². The summed E-state index contributed by atoms with van der Waals surface area (Å²) < 4.78 is 0. The van der Waals surface area contributed by atoms with Crippen LogP contribution in [-0.4, -0.2) is 23.6 Å². The Morgan fingerprint density at radius 1 is 1.25 bits per heavy atom. The van der Waals surface area contributed by atoms with Crippen LogP contribution < -0.4 is 15.9 Å². The summed E-state index contributed by atoms with van der Waals surface area (Å²) in [6.45, 7) is -0.389. The molecule has 1 rings (SSSR count). The van der Waals surface area contributed by atoms with Crippen molar-refractivity contribution in [1.29, 1.82) is 0 Å². The zero-order chi connectivity index (χ0) is 11.8. The first-order chi connectivity index (χ1) is 6.99. The van der Waals surface area contributed by atoms with Crippen molar-refractivity contribution in [2.75, 3.05) is 6.54 Å². The SMILES string of the molecule is NCC(=O)[O-].O=C([O-])c1ccccc1O.[Mn+2]. The molecule has 7 heteroatoms. The molecule has 1 aromatic rings. The van der Waals surface area contributed by atoms with Gasteiger partial charge in [0.05, 0.1) is 11.9 Å². The molecule has 0 heterocycles. The van der Waals surface area contributed by atoms with Gasteiger partial charge in [-0.3, -0.25) is 0 Å². The molecule has 0 bridgehead atoms. The third kappa shape index (κ3) is 6.83. The number of aliphatic carboxylic acids is 1. The van der Waals surface area contributed by atoms with Crippen molar-refractivity contribution in [3.05, 3.63) is 29.8 Å². The first kappa shape index (κ1) is 16.9. The van der Waals surface area contributed by atoms with Crippen molar-refractivity contribution in [2.45, 2.75) is 0 Å². The number of hydrogen-bond donors (Lipinski definition) is 2. The summed E-state index contributed by atoms with van der Waals surface area (Å²) in [6, 6.07) is 5.64. The molecule has 0 saturated carbocycles. The maximum atomic E-state index is 10.2. The molecule has 6 nitrogen and oxygen atoms in total. The largest absolute Gasteiger partial charge is 2.00 e. The molecule has 0 atom stereocenters. The van der Waals surface area contributed by atoms with E-state index in [2.05, 4.69) is 5.73 Å². The van der Waals surface area contributed by atoms with Crippen molar-refractivity contribution in [1.82, 2.24) is 0 Å². The van der Waals surface area contributed by atoms with E-state index in [1.165, 1.54) is 18.2 Å². The summed E-state index contributed by atoms with van der Waals surface area (Å²) in [5.41, 5.74) is 4.33. The standard InChI is InChI=1S/C7H6O3.C2H5NO2.Mn/c8-6-4-2-1-3-5(6)7(9)10;3-1-2(4)5;/h1-4,8H,(H,9,10);1,3H2,(H,4,5);/q;;+2/p-2. The van der Waals surface area contributed by atoms with Crippen molar-refractivity contribution < 1.29 is 42.0 Å². The van der Waals surface area contributed by atoms with Crippen LogP contribution in [0.3, 0.4) is 0 Å². The van der Waals surface area contributed by atoms with Gasteiger partial charge in [0.25, 0.3) is 0 Å². The Morgan fingerprint density at radius 2 is 1.69 bits per heavy atom. The molecular formula is C9H9MnNO5. The number of benzene rings is 1. The van der Waals surface area contributed by atoms with Crippen LogP contribution in [0.1, 0.15) is 10.4 Å². The fourth-order valence-corrected chi connectivity index (χ4v) is 0.646. The minimum atomic E-state index is -1.36. The van der Waals surface area contributed by atoms with Crippen molar-refractivity contribution >= 4 is 11.9 Å². The molecule has 3 N–H and O–H groups in total. The maximum Gasteiger partial charge on any atom is 2.00 e. The number of carboxylic acid groups (broad SMARTS) is 2. The van der Waals surface area contributed by atoms with Gasteiger partial charge in [-0.1, -0.05) is 12.1 Å². The zero-order valence-corrected chi connectivity index (χ0v) is 9.23. The second-order valence-corrected chi connectivity index (χ2v) is 2.38. The molecule has 16 heavy (non-hydrogen) atoms. The first-order valence-corrected chi connectivity index (χ1v) is 3.88. The molecule has 0 aliphatic rings. The van der Waals surface area contributed by atoms with Crippen LogP contribution in [0, 0.1) is 0 Å². The molecule has 0 spiro atoms. The van der Waals surface area contributed by atoms with Gasteiger partial charge in [-0.05, 0) is 12.1 Å². The summed E-state index contributed by atoms with van der Waals surface area (Å²) >= 11 is 0. The van der Waals surface area contributed by atoms with E-state index < -0.39 is 11.9 Å².